The second-order valence-electron chi connectivity index (χ2n) is 13.7. The molecule has 0 heterocycles. The molecule has 10 rings (SSSR count). The highest BCUT2D eigenvalue weighted by atomic mass is 14.2. The molecule has 0 amide bonds. The summed E-state index contributed by atoms with van der Waals surface area (Å²) in [5.74, 6) is 0. The summed E-state index contributed by atoms with van der Waals surface area (Å²) in [5, 5.41) is 10.0. The highest BCUT2D eigenvalue weighted by Gasteiger charge is 2.16. The Kier molecular flexibility index (Phi) is 7.25. The molecule has 0 heteroatoms. The second-order valence-corrected chi connectivity index (χ2v) is 13.7. The van der Waals surface area contributed by atoms with Crippen molar-refractivity contribution in [2.24, 2.45) is 0 Å². The maximum atomic E-state index is 2.41. The first kappa shape index (κ1) is 30.1. The lowest BCUT2D eigenvalue weighted by Crippen LogP contribution is -1.90. The van der Waals surface area contributed by atoms with Crippen LogP contribution in [0.2, 0.25) is 0 Å². The highest BCUT2D eigenvalue weighted by Crippen LogP contribution is 2.42. The van der Waals surface area contributed by atoms with Gasteiger partial charge in [-0.2, -0.15) is 0 Å². The third-order valence-corrected chi connectivity index (χ3v) is 10.6. The maximum absolute atomic E-state index is 2.41. The molecule has 242 valence electrons. The summed E-state index contributed by atoms with van der Waals surface area (Å²) >= 11 is 0. The van der Waals surface area contributed by atoms with E-state index in [0.29, 0.717) is 0 Å². The van der Waals surface area contributed by atoms with Gasteiger partial charge in [-0.15, -0.1) is 0 Å². The van der Waals surface area contributed by atoms with Crippen molar-refractivity contribution in [1.29, 1.82) is 0 Å². The topological polar surface area (TPSA) is 0 Å². The molecule has 0 atom stereocenters. The molecule has 0 saturated carbocycles. The van der Waals surface area contributed by atoms with Crippen molar-refractivity contribution in [2.75, 3.05) is 0 Å². The molecule has 0 unspecified atom stereocenters. The van der Waals surface area contributed by atoms with Crippen LogP contribution in [0.5, 0.6) is 0 Å². The smallest absolute Gasteiger partial charge is 0.00928 e. The average molecular weight is 659 g/mol. The lowest BCUT2D eigenvalue weighted by atomic mass is 9.87. The quantitative estimate of drug-likeness (QED) is 0.161. The summed E-state index contributed by atoms with van der Waals surface area (Å²) in [6.45, 7) is 0. The van der Waals surface area contributed by atoms with E-state index in [0.717, 1.165) is 0 Å². The van der Waals surface area contributed by atoms with Crippen molar-refractivity contribution in [3.63, 3.8) is 0 Å². The molecule has 0 spiro atoms. The molecular weight excluding hydrogens is 625 g/mol. The van der Waals surface area contributed by atoms with E-state index in [1.165, 1.54) is 98.7 Å². The number of fused-ring (bicyclic) bond motifs is 5. The minimum atomic E-state index is 1.22. The molecule has 0 bridgehead atoms. The number of benzene rings is 10. The van der Waals surface area contributed by atoms with Crippen LogP contribution < -0.4 is 0 Å². The monoisotopic (exact) mass is 658 g/mol. The Morgan fingerprint density at radius 3 is 1.23 bits per heavy atom. The van der Waals surface area contributed by atoms with Gasteiger partial charge in [-0.05, 0) is 135 Å². The Morgan fingerprint density at radius 1 is 0.173 bits per heavy atom. The first-order valence-corrected chi connectivity index (χ1v) is 18.0. The van der Waals surface area contributed by atoms with E-state index in [9.17, 15) is 0 Å². The van der Waals surface area contributed by atoms with Crippen LogP contribution in [-0.2, 0) is 0 Å². The van der Waals surface area contributed by atoms with Gasteiger partial charge in [-0.1, -0.05) is 170 Å². The molecule has 0 aliphatic heterocycles. The van der Waals surface area contributed by atoms with Crippen LogP contribution in [0.25, 0.3) is 98.7 Å². The zero-order valence-electron chi connectivity index (χ0n) is 28.6. The molecule has 0 aromatic heterocycles. The van der Waals surface area contributed by atoms with Crippen molar-refractivity contribution in [2.45, 2.75) is 0 Å². The van der Waals surface area contributed by atoms with Crippen molar-refractivity contribution >= 4 is 43.1 Å². The molecule has 0 fully saturated rings. The fraction of sp³-hybridized carbons (Fsp3) is 0. The normalized spacial score (nSPS) is 11.5. The van der Waals surface area contributed by atoms with E-state index in [2.05, 4.69) is 206 Å². The largest absolute Gasteiger partial charge is 0.0622 e. The molecule has 10 aromatic carbocycles. The molecule has 0 radical (unpaired) electrons. The standard InChI is InChI=1S/C52H34/c1-3-14-36(15-4-1)49-31-39-19-9-10-20-40(39)32-51(49)43-26-28-48-47-27-25-42(30-44(47)34-50(52(48)33-43)37-16-5-2-6-17-37)46-22-12-11-21-45(46)41-24-23-35-13-7-8-18-38(35)29-41/h1-34H. The van der Waals surface area contributed by atoms with E-state index >= 15 is 0 Å². The highest BCUT2D eigenvalue weighted by molar-refractivity contribution is 6.16. The van der Waals surface area contributed by atoms with Gasteiger partial charge in [0.05, 0.1) is 0 Å². The molecule has 10 aromatic rings. The lowest BCUT2D eigenvalue weighted by molar-refractivity contribution is 1.60. The Hall–Kier alpha value is -6.76. The van der Waals surface area contributed by atoms with Crippen molar-refractivity contribution in [3.8, 4) is 55.6 Å². The van der Waals surface area contributed by atoms with Crippen LogP contribution >= 0.6 is 0 Å². The van der Waals surface area contributed by atoms with Crippen LogP contribution in [0, 0.1) is 0 Å². The lowest BCUT2D eigenvalue weighted by Gasteiger charge is -2.17. The summed E-state index contributed by atoms with van der Waals surface area (Å²) in [7, 11) is 0. The molecule has 52 heavy (non-hydrogen) atoms. The summed E-state index contributed by atoms with van der Waals surface area (Å²) in [5.41, 5.74) is 12.3. The minimum absolute atomic E-state index is 1.22. The average Bonchev–Trinajstić information content (AvgIpc) is 3.23. The van der Waals surface area contributed by atoms with Gasteiger partial charge < -0.3 is 0 Å². The summed E-state index contributed by atoms with van der Waals surface area (Å²) < 4.78 is 0. The summed E-state index contributed by atoms with van der Waals surface area (Å²) in [6, 6.07) is 75.7. The fourth-order valence-electron chi connectivity index (χ4n) is 8.03. The number of hydrogen-bond donors (Lipinski definition) is 0. The van der Waals surface area contributed by atoms with Gasteiger partial charge in [0.15, 0.2) is 0 Å². The van der Waals surface area contributed by atoms with E-state index in [4.69, 9.17) is 0 Å². The van der Waals surface area contributed by atoms with Gasteiger partial charge in [0.25, 0.3) is 0 Å². The fourth-order valence-corrected chi connectivity index (χ4v) is 8.03. The van der Waals surface area contributed by atoms with Crippen LogP contribution in [-0.4, -0.2) is 0 Å². The van der Waals surface area contributed by atoms with Crippen molar-refractivity contribution in [1.82, 2.24) is 0 Å². The van der Waals surface area contributed by atoms with E-state index in [1.54, 1.807) is 0 Å². The minimum Gasteiger partial charge on any atom is -0.0622 e. The second kappa shape index (κ2) is 12.5. The number of rotatable bonds is 5. The van der Waals surface area contributed by atoms with Gasteiger partial charge in [0.2, 0.25) is 0 Å². The van der Waals surface area contributed by atoms with Crippen molar-refractivity contribution in [3.05, 3.63) is 206 Å². The Bertz CT molecular complexity index is 2940. The molecule has 0 aliphatic rings. The third kappa shape index (κ3) is 5.25. The van der Waals surface area contributed by atoms with Crippen LogP contribution in [0.1, 0.15) is 0 Å². The van der Waals surface area contributed by atoms with Gasteiger partial charge >= 0.3 is 0 Å². The SMILES string of the molecule is c1ccc(-c2cc3ccccc3cc2-c2ccc3c(c2)c(-c2ccccc2)cc2cc(-c4ccccc4-c4ccc5ccccc5c4)ccc23)cc1. The van der Waals surface area contributed by atoms with Crippen molar-refractivity contribution < 1.29 is 0 Å². The predicted octanol–water partition coefficient (Wildman–Crippen LogP) is 14.6. The maximum Gasteiger partial charge on any atom is -0.00928 e. The Morgan fingerprint density at radius 2 is 0.596 bits per heavy atom. The summed E-state index contributed by atoms with van der Waals surface area (Å²) in [6.07, 6.45) is 0. The molecule has 0 N–H and O–H groups in total. The van der Waals surface area contributed by atoms with Gasteiger partial charge in [-0.3, -0.25) is 0 Å². The summed E-state index contributed by atoms with van der Waals surface area (Å²) in [4.78, 5) is 0. The Balaban J connectivity index is 1.17. The van der Waals surface area contributed by atoms with Gasteiger partial charge in [-0.25, -0.2) is 0 Å². The molecular formula is C52H34. The van der Waals surface area contributed by atoms with Gasteiger partial charge in [0, 0.05) is 0 Å². The van der Waals surface area contributed by atoms with Crippen LogP contribution in [0.4, 0.5) is 0 Å². The van der Waals surface area contributed by atoms with Crippen LogP contribution in [0.15, 0.2) is 206 Å². The zero-order valence-corrected chi connectivity index (χ0v) is 28.6. The van der Waals surface area contributed by atoms with E-state index < -0.39 is 0 Å². The van der Waals surface area contributed by atoms with E-state index in [-0.39, 0.29) is 0 Å². The first-order valence-electron chi connectivity index (χ1n) is 18.0. The van der Waals surface area contributed by atoms with Crippen LogP contribution in [0.3, 0.4) is 0 Å². The third-order valence-electron chi connectivity index (χ3n) is 10.6. The van der Waals surface area contributed by atoms with Gasteiger partial charge in [0.1, 0.15) is 0 Å². The van der Waals surface area contributed by atoms with E-state index in [1.807, 2.05) is 0 Å². The zero-order chi connectivity index (χ0) is 34.4. The first-order chi connectivity index (χ1) is 25.8. The molecule has 0 nitrogen and oxygen atoms in total. The number of hydrogen-bond acceptors (Lipinski definition) is 0. The molecule has 0 saturated heterocycles. The Labute approximate surface area is 303 Å². The predicted molar refractivity (Wildman–Crippen MR) is 224 cm³/mol. The molecule has 0 aliphatic carbocycles.